The van der Waals surface area contributed by atoms with E-state index in [1.807, 2.05) is 12.1 Å². The third-order valence-corrected chi connectivity index (χ3v) is 4.92. The number of nitrogens with one attached hydrogen (secondary N) is 1. The monoisotopic (exact) mass is 568 g/mol. The van der Waals surface area contributed by atoms with Gasteiger partial charge in [0.25, 0.3) is 0 Å². The first-order valence-corrected chi connectivity index (χ1v) is 9.62. The molecule has 0 saturated heterocycles. The normalized spacial score (nSPS) is 11.8. The number of halogens is 2. The Balaban J connectivity index is 2.06. The van der Waals surface area contributed by atoms with E-state index < -0.39 is 12.5 Å². The molecule has 0 spiro atoms. The van der Waals surface area contributed by atoms with Crippen molar-refractivity contribution in [1.29, 1.82) is 0 Å². The van der Waals surface area contributed by atoms with E-state index >= 15 is 0 Å². The van der Waals surface area contributed by atoms with Crippen LogP contribution in [0.1, 0.15) is 5.56 Å². The molecule has 0 saturated carbocycles. The van der Waals surface area contributed by atoms with E-state index in [0.29, 0.717) is 18.7 Å². The number of phenols is 1. The van der Waals surface area contributed by atoms with Crippen LogP contribution in [0.15, 0.2) is 36.4 Å². The van der Waals surface area contributed by atoms with Gasteiger partial charge in [-0.1, -0.05) is 0 Å². The Morgan fingerprint density at radius 2 is 1.80 bits per heavy atom. The Labute approximate surface area is 173 Å². The number of rotatable bonds is 7. The van der Waals surface area contributed by atoms with Crippen LogP contribution in [0.4, 0.5) is 0 Å². The van der Waals surface area contributed by atoms with Gasteiger partial charge in [-0.15, -0.1) is 0 Å². The minimum absolute atomic E-state index is 0.189. The Kier molecular flexibility index (Phi) is 7.72. The number of hydrogen-bond donors (Lipinski definition) is 4. The van der Waals surface area contributed by atoms with Crippen LogP contribution in [0.5, 0.6) is 17.2 Å². The summed E-state index contributed by atoms with van der Waals surface area (Å²) in [5.74, 6) is 1.15. The molecule has 0 fully saturated rings. The summed E-state index contributed by atoms with van der Waals surface area (Å²) in [5, 5.41) is 20.6. The molecule has 0 aliphatic carbocycles. The molecule has 0 heterocycles. The highest BCUT2D eigenvalue weighted by molar-refractivity contribution is 14.1. The molecular formula is C17H18I2N2O4. The van der Waals surface area contributed by atoms with E-state index in [-0.39, 0.29) is 11.8 Å². The third-order valence-electron chi connectivity index (χ3n) is 3.32. The van der Waals surface area contributed by atoms with E-state index in [1.165, 1.54) is 0 Å². The average molecular weight is 568 g/mol. The van der Waals surface area contributed by atoms with Crippen LogP contribution in [0.2, 0.25) is 0 Å². The van der Waals surface area contributed by atoms with Crippen LogP contribution < -0.4 is 15.8 Å². The first-order chi connectivity index (χ1) is 11.9. The highest BCUT2D eigenvalue weighted by Gasteiger charge is 2.13. The first kappa shape index (κ1) is 20.2. The molecule has 0 unspecified atom stereocenters. The number of phenolic OH excluding ortho intramolecular Hbond substituents is 1. The molecule has 8 heteroatoms. The van der Waals surface area contributed by atoms with Gasteiger partial charge in [-0.3, -0.25) is 4.79 Å². The van der Waals surface area contributed by atoms with Gasteiger partial charge in [-0.25, -0.2) is 0 Å². The minimum atomic E-state index is -0.536. The summed E-state index contributed by atoms with van der Waals surface area (Å²) in [6, 6.07) is 10.3. The predicted octanol–water partition coefficient (Wildman–Crippen LogP) is 2.37. The standard InChI is InChI=1S/C17H18I2N2O4/c18-14-6-10(5-11(20)8-21-16(24)9-22)7-15(19)17(14)25-13-3-1-12(23)2-4-13/h1-4,6-7,11,22-23H,5,8-9,20H2,(H,21,24)/t11-/m0/s1. The number of aliphatic hydroxyl groups is 1. The lowest BCUT2D eigenvalue weighted by Gasteiger charge is -2.15. The lowest BCUT2D eigenvalue weighted by molar-refractivity contribution is -0.123. The van der Waals surface area contributed by atoms with E-state index in [1.54, 1.807) is 24.3 Å². The molecule has 6 nitrogen and oxygen atoms in total. The highest BCUT2D eigenvalue weighted by atomic mass is 127. The quantitative estimate of drug-likeness (QED) is 0.385. The molecule has 2 aromatic rings. The zero-order valence-corrected chi connectivity index (χ0v) is 17.5. The lowest BCUT2D eigenvalue weighted by atomic mass is 10.1. The molecule has 25 heavy (non-hydrogen) atoms. The molecular weight excluding hydrogens is 550 g/mol. The van der Waals surface area contributed by atoms with E-state index in [0.717, 1.165) is 18.5 Å². The number of aliphatic hydroxyl groups excluding tert-OH is 1. The molecule has 0 aromatic heterocycles. The molecule has 5 N–H and O–H groups in total. The van der Waals surface area contributed by atoms with Crippen molar-refractivity contribution < 1.29 is 19.7 Å². The van der Waals surface area contributed by atoms with Crippen molar-refractivity contribution in [2.24, 2.45) is 5.73 Å². The maximum atomic E-state index is 11.1. The van der Waals surface area contributed by atoms with Crippen molar-refractivity contribution in [3.8, 4) is 17.2 Å². The first-order valence-electron chi connectivity index (χ1n) is 7.47. The van der Waals surface area contributed by atoms with E-state index in [9.17, 15) is 9.90 Å². The number of carbonyl (C=O) groups excluding carboxylic acids is 1. The van der Waals surface area contributed by atoms with Crippen molar-refractivity contribution in [2.75, 3.05) is 13.2 Å². The Morgan fingerprint density at radius 3 is 2.36 bits per heavy atom. The fourth-order valence-corrected chi connectivity index (χ4v) is 4.25. The average Bonchev–Trinajstić information content (AvgIpc) is 2.57. The second-order valence-electron chi connectivity index (χ2n) is 5.41. The van der Waals surface area contributed by atoms with Crippen LogP contribution in [-0.2, 0) is 11.2 Å². The van der Waals surface area contributed by atoms with Gasteiger partial charge >= 0.3 is 0 Å². The van der Waals surface area contributed by atoms with Gasteiger partial charge in [-0.2, -0.15) is 0 Å². The molecule has 2 aromatic carbocycles. The zero-order chi connectivity index (χ0) is 18.4. The summed E-state index contributed by atoms with van der Waals surface area (Å²) >= 11 is 4.41. The molecule has 0 aliphatic heterocycles. The zero-order valence-electron chi connectivity index (χ0n) is 13.2. The second kappa shape index (κ2) is 9.55. The minimum Gasteiger partial charge on any atom is -0.508 e. The number of carbonyl (C=O) groups is 1. The van der Waals surface area contributed by atoms with Crippen LogP contribution in [0, 0.1) is 7.14 Å². The molecule has 0 bridgehead atoms. The Morgan fingerprint density at radius 1 is 1.20 bits per heavy atom. The van der Waals surface area contributed by atoms with Crippen molar-refractivity contribution >= 4 is 51.1 Å². The highest BCUT2D eigenvalue weighted by Crippen LogP contribution is 2.33. The third kappa shape index (κ3) is 6.28. The molecule has 2 rings (SSSR count). The van der Waals surface area contributed by atoms with Crippen LogP contribution in [-0.4, -0.2) is 35.3 Å². The van der Waals surface area contributed by atoms with Gasteiger partial charge < -0.3 is 26.0 Å². The van der Waals surface area contributed by atoms with Gasteiger partial charge in [0.2, 0.25) is 5.91 Å². The van der Waals surface area contributed by atoms with E-state index in [2.05, 4.69) is 50.5 Å². The van der Waals surface area contributed by atoms with Gasteiger partial charge in [0, 0.05) is 12.6 Å². The summed E-state index contributed by atoms with van der Waals surface area (Å²) in [6.45, 7) is -0.232. The van der Waals surface area contributed by atoms with Crippen molar-refractivity contribution in [3.63, 3.8) is 0 Å². The van der Waals surface area contributed by atoms with Crippen molar-refractivity contribution in [1.82, 2.24) is 5.32 Å². The number of hydrogen-bond acceptors (Lipinski definition) is 5. The molecule has 0 radical (unpaired) electrons. The SMILES string of the molecule is N[C@H](CNC(=O)CO)Cc1cc(I)c(Oc2ccc(O)cc2)c(I)c1. The molecule has 0 aliphatic rings. The van der Waals surface area contributed by atoms with Crippen LogP contribution in [0.25, 0.3) is 0 Å². The predicted molar refractivity (Wildman–Crippen MR) is 112 cm³/mol. The second-order valence-corrected chi connectivity index (χ2v) is 7.74. The van der Waals surface area contributed by atoms with Gasteiger partial charge in [0.1, 0.15) is 18.1 Å². The summed E-state index contributed by atoms with van der Waals surface area (Å²) < 4.78 is 7.79. The summed E-state index contributed by atoms with van der Waals surface area (Å²) in [5.41, 5.74) is 7.07. The van der Waals surface area contributed by atoms with Crippen LogP contribution in [0.3, 0.4) is 0 Å². The number of nitrogens with two attached hydrogens (primary N) is 1. The number of ether oxygens (including phenoxy) is 1. The summed E-state index contributed by atoms with van der Waals surface area (Å²) in [6.07, 6.45) is 0.594. The smallest absolute Gasteiger partial charge is 0.245 e. The van der Waals surface area contributed by atoms with Gasteiger partial charge in [-0.05, 0) is 93.6 Å². The topological polar surface area (TPSA) is 105 Å². The fourth-order valence-electron chi connectivity index (χ4n) is 2.14. The van der Waals surface area contributed by atoms with Gasteiger partial charge in [0.05, 0.1) is 7.14 Å². The molecule has 134 valence electrons. The Bertz CT molecular complexity index is 715. The van der Waals surface area contributed by atoms with Crippen LogP contribution >= 0.6 is 45.2 Å². The summed E-state index contributed by atoms with van der Waals surface area (Å²) in [4.78, 5) is 11.1. The molecule has 1 atom stereocenters. The largest absolute Gasteiger partial charge is 0.508 e. The maximum absolute atomic E-state index is 11.1. The number of amides is 1. The molecule has 1 amide bonds. The van der Waals surface area contributed by atoms with E-state index in [4.69, 9.17) is 15.6 Å². The fraction of sp³-hybridized carbons (Fsp3) is 0.235. The lowest BCUT2D eigenvalue weighted by Crippen LogP contribution is -2.39. The number of benzene rings is 2. The van der Waals surface area contributed by atoms with Crippen molar-refractivity contribution in [2.45, 2.75) is 12.5 Å². The van der Waals surface area contributed by atoms with Gasteiger partial charge in [0.15, 0.2) is 5.75 Å². The summed E-state index contributed by atoms with van der Waals surface area (Å²) in [7, 11) is 0. The maximum Gasteiger partial charge on any atom is 0.245 e. The van der Waals surface area contributed by atoms with Crippen molar-refractivity contribution in [3.05, 3.63) is 49.1 Å². The Hall–Kier alpha value is -1.11. The number of aromatic hydroxyl groups is 1.